The summed E-state index contributed by atoms with van der Waals surface area (Å²) in [5, 5.41) is 9.00. The summed E-state index contributed by atoms with van der Waals surface area (Å²) in [7, 11) is 2.07. The predicted octanol–water partition coefficient (Wildman–Crippen LogP) is 3.72. The molecule has 0 amide bonds. The van der Waals surface area contributed by atoms with Crippen LogP contribution in [0.5, 0.6) is 0 Å². The van der Waals surface area contributed by atoms with Crippen molar-refractivity contribution in [2.45, 2.75) is 18.3 Å². The molecule has 0 bridgehead atoms. The molecule has 4 rings (SSSR count). The third-order valence-corrected chi connectivity index (χ3v) is 4.39. The Morgan fingerprint density at radius 3 is 2.71 bits per heavy atom. The molecule has 2 atom stereocenters. The fourth-order valence-electron chi connectivity index (χ4n) is 3.17. The van der Waals surface area contributed by atoms with Gasteiger partial charge in [0.15, 0.2) is 0 Å². The molecule has 102 valence electrons. The molecule has 3 heteroatoms. The van der Waals surface area contributed by atoms with Gasteiger partial charge >= 0.3 is 0 Å². The van der Waals surface area contributed by atoms with Crippen LogP contribution < -0.4 is 0 Å². The van der Waals surface area contributed by atoms with E-state index in [1.165, 1.54) is 5.56 Å². The summed E-state index contributed by atoms with van der Waals surface area (Å²) < 4.78 is 2.17. The van der Waals surface area contributed by atoms with Crippen LogP contribution in [-0.4, -0.2) is 9.55 Å². The highest BCUT2D eigenvalue weighted by molar-refractivity contribution is 5.78. The van der Waals surface area contributed by atoms with E-state index in [1.54, 1.807) is 0 Å². The Kier molecular flexibility index (Phi) is 2.58. The molecule has 2 unspecified atom stereocenters. The molecule has 3 nitrogen and oxygen atoms in total. The molecule has 1 aliphatic carbocycles. The molecule has 1 saturated carbocycles. The quantitative estimate of drug-likeness (QED) is 0.714. The maximum Gasteiger partial charge on any atom is 0.113 e. The summed E-state index contributed by atoms with van der Waals surface area (Å²) in [4.78, 5) is 4.77. The first kappa shape index (κ1) is 12.2. The van der Waals surface area contributed by atoms with Crippen LogP contribution in [0.15, 0.2) is 48.5 Å². The van der Waals surface area contributed by atoms with Crippen molar-refractivity contribution >= 4 is 11.0 Å². The van der Waals surface area contributed by atoms with Crippen LogP contribution in [0.2, 0.25) is 0 Å². The summed E-state index contributed by atoms with van der Waals surface area (Å²) in [5.41, 5.74) is 4.09. The number of benzene rings is 2. The van der Waals surface area contributed by atoms with Crippen molar-refractivity contribution in [2.75, 3.05) is 0 Å². The summed E-state index contributed by atoms with van der Waals surface area (Å²) in [6, 6.07) is 18.5. The maximum atomic E-state index is 9.00. The summed E-state index contributed by atoms with van der Waals surface area (Å²) >= 11 is 0. The highest BCUT2D eigenvalue weighted by Crippen LogP contribution is 2.54. The van der Waals surface area contributed by atoms with E-state index in [1.807, 2.05) is 18.2 Å². The van der Waals surface area contributed by atoms with E-state index >= 15 is 0 Å². The lowest BCUT2D eigenvalue weighted by Crippen LogP contribution is -1.96. The lowest BCUT2D eigenvalue weighted by atomic mass is 10.1. The van der Waals surface area contributed by atoms with Gasteiger partial charge in [0.2, 0.25) is 0 Å². The van der Waals surface area contributed by atoms with Crippen LogP contribution in [0, 0.1) is 11.3 Å². The molecular formula is C18H15N3. The molecule has 0 N–H and O–H groups in total. The highest BCUT2D eigenvalue weighted by atomic mass is 15.1. The summed E-state index contributed by atoms with van der Waals surface area (Å²) in [5.74, 6) is 2.21. The first-order valence-electron chi connectivity index (χ1n) is 7.19. The molecule has 1 aromatic heterocycles. The minimum atomic E-state index is 0.496. The van der Waals surface area contributed by atoms with Crippen LogP contribution >= 0.6 is 0 Å². The Labute approximate surface area is 123 Å². The van der Waals surface area contributed by atoms with E-state index in [0.717, 1.165) is 23.3 Å². The Morgan fingerprint density at radius 1 is 1.14 bits per heavy atom. The number of fused-ring (bicyclic) bond motifs is 1. The van der Waals surface area contributed by atoms with Crippen molar-refractivity contribution in [3.05, 3.63) is 65.5 Å². The van der Waals surface area contributed by atoms with Gasteiger partial charge in [0.05, 0.1) is 22.7 Å². The minimum Gasteiger partial charge on any atom is -0.331 e. The average molecular weight is 273 g/mol. The number of rotatable bonds is 2. The molecule has 21 heavy (non-hydrogen) atoms. The van der Waals surface area contributed by atoms with Gasteiger partial charge in [0, 0.05) is 13.0 Å². The van der Waals surface area contributed by atoms with Crippen molar-refractivity contribution in [3.8, 4) is 6.07 Å². The van der Waals surface area contributed by atoms with Gasteiger partial charge in [-0.2, -0.15) is 5.26 Å². The fraction of sp³-hybridized carbons (Fsp3) is 0.222. The zero-order valence-corrected chi connectivity index (χ0v) is 11.8. The first-order valence-corrected chi connectivity index (χ1v) is 7.19. The molecule has 3 aromatic rings. The zero-order valence-electron chi connectivity index (χ0n) is 11.8. The minimum absolute atomic E-state index is 0.496. The predicted molar refractivity (Wildman–Crippen MR) is 82.0 cm³/mol. The van der Waals surface area contributed by atoms with Crippen molar-refractivity contribution in [1.82, 2.24) is 9.55 Å². The Bertz CT molecular complexity index is 855. The number of imidazole rings is 1. The van der Waals surface area contributed by atoms with Crippen LogP contribution in [0.4, 0.5) is 0 Å². The second-order valence-electron chi connectivity index (χ2n) is 5.70. The molecular weight excluding hydrogens is 258 g/mol. The largest absolute Gasteiger partial charge is 0.331 e. The van der Waals surface area contributed by atoms with E-state index in [0.29, 0.717) is 17.4 Å². The molecule has 1 aliphatic rings. The summed E-state index contributed by atoms with van der Waals surface area (Å²) in [6.07, 6.45) is 1.16. The standard InChI is InChI=1S/C18H15N3/c1-21-17-8-7-12(11-19)9-16(17)20-18(21)15-10-14(15)13-5-3-2-4-6-13/h2-9,14-15H,10H2,1H3. The lowest BCUT2D eigenvalue weighted by Gasteiger charge is -2.02. The number of hydrogen-bond donors (Lipinski definition) is 0. The van der Waals surface area contributed by atoms with E-state index in [2.05, 4.69) is 48.0 Å². The van der Waals surface area contributed by atoms with Gasteiger partial charge in [-0.1, -0.05) is 30.3 Å². The van der Waals surface area contributed by atoms with Crippen LogP contribution in [0.25, 0.3) is 11.0 Å². The van der Waals surface area contributed by atoms with Crippen molar-refractivity contribution in [3.63, 3.8) is 0 Å². The zero-order chi connectivity index (χ0) is 14.4. The van der Waals surface area contributed by atoms with Crippen LogP contribution in [0.1, 0.15) is 35.2 Å². The van der Waals surface area contributed by atoms with Crippen LogP contribution in [0.3, 0.4) is 0 Å². The second-order valence-corrected chi connectivity index (χ2v) is 5.70. The lowest BCUT2D eigenvalue weighted by molar-refractivity contribution is 0.804. The number of aryl methyl sites for hydroxylation is 1. The number of nitrogens with zero attached hydrogens (tertiary/aromatic N) is 3. The SMILES string of the molecule is Cn1c(C2CC2c2ccccc2)nc2cc(C#N)ccc21. The van der Waals surface area contributed by atoms with Crippen molar-refractivity contribution < 1.29 is 0 Å². The molecule has 1 fully saturated rings. The van der Waals surface area contributed by atoms with Gasteiger partial charge in [-0.05, 0) is 36.1 Å². The smallest absolute Gasteiger partial charge is 0.113 e. The van der Waals surface area contributed by atoms with E-state index < -0.39 is 0 Å². The molecule has 1 heterocycles. The average Bonchev–Trinajstić information content (AvgIpc) is 3.26. The van der Waals surface area contributed by atoms with Gasteiger partial charge in [-0.15, -0.1) is 0 Å². The van der Waals surface area contributed by atoms with E-state index in [4.69, 9.17) is 10.2 Å². The van der Waals surface area contributed by atoms with E-state index in [-0.39, 0.29) is 0 Å². The Balaban J connectivity index is 1.72. The Morgan fingerprint density at radius 2 is 1.95 bits per heavy atom. The Hall–Kier alpha value is -2.60. The van der Waals surface area contributed by atoms with Crippen molar-refractivity contribution in [2.24, 2.45) is 7.05 Å². The third kappa shape index (κ3) is 1.92. The molecule has 0 aliphatic heterocycles. The molecule has 0 saturated heterocycles. The number of nitriles is 1. The van der Waals surface area contributed by atoms with Crippen molar-refractivity contribution in [1.29, 1.82) is 5.26 Å². The van der Waals surface area contributed by atoms with Crippen LogP contribution in [-0.2, 0) is 7.05 Å². The van der Waals surface area contributed by atoms with E-state index in [9.17, 15) is 0 Å². The van der Waals surface area contributed by atoms with Gasteiger partial charge in [-0.25, -0.2) is 4.98 Å². The molecule has 2 aromatic carbocycles. The monoisotopic (exact) mass is 273 g/mol. The van der Waals surface area contributed by atoms with Gasteiger partial charge in [0.1, 0.15) is 5.82 Å². The number of aromatic nitrogens is 2. The first-order chi connectivity index (χ1) is 10.3. The fourth-order valence-corrected chi connectivity index (χ4v) is 3.17. The number of hydrogen-bond acceptors (Lipinski definition) is 2. The van der Waals surface area contributed by atoms with Gasteiger partial charge in [0.25, 0.3) is 0 Å². The molecule has 0 spiro atoms. The summed E-state index contributed by atoms with van der Waals surface area (Å²) in [6.45, 7) is 0. The second kappa shape index (κ2) is 4.46. The molecule has 0 radical (unpaired) electrons. The topological polar surface area (TPSA) is 41.6 Å². The maximum absolute atomic E-state index is 9.00. The van der Waals surface area contributed by atoms with Gasteiger partial charge < -0.3 is 4.57 Å². The normalized spacial score (nSPS) is 20.4. The van der Waals surface area contributed by atoms with Gasteiger partial charge in [-0.3, -0.25) is 0 Å². The highest BCUT2D eigenvalue weighted by Gasteiger charge is 2.42. The third-order valence-electron chi connectivity index (χ3n) is 4.39.